The van der Waals surface area contributed by atoms with Gasteiger partial charge in [-0.1, -0.05) is 92.8 Å². The Kier molecular flexibility index (Phi) is 8.67. The van der Waals surface area contributed by atoms with Crippen LogP contribution in [0.4, 0.5) is 0 Å². The van der Waals surface area contributed by atoms with Crippen LogP contribution in [-0.2, 0) is 9.59 Å². The van der Waals surface area contributed by atoms with Crippen LogP contribution in [0.5, 0.6) is 0 Å². The lowest BCUT2D eigenvalue weighted by molar-refractivity contribution is -0.137. The smallest absolute Gasteiger partial charge is 0.303 e. The fourth-order valence-corrected chi connectivity index (χ4v) is 4.85. The van der Waals surface area contributed by atoms with Crippen molar-refractivity contribution in [3.63, 3.8) is 0 Å². The predicted octanol–water partition coefficient (Wildman–Crippen LogP) is 6.62. The quantitative estimate of drug-likeness (QED) is 0.451. The third-order valence-electron chi connectivity index (χ3n) is 6.64. The number of carboxylic acid groups (broad SMARTS) is 1. The van der Waals surface area contributed by atoms with Crippen LogP contribution in [0.25, 0.3) is 0 Å². The van der Waals surface area contributed by atoms with Gasteiger partial charge in [0.25, 0.3) is 0 Å². The Hall–Kier alpha value is -2.42. The molecule has 160 valence electrons. The lowest BCUT2D eigenvalue weighted by atomic mass is 9.85. The van der Waals surface area contributed by atoms with Crippen molar-refractivity contribution < 1.29 is 14.7 Å². The number of carboxylic acids is 1. The summed E-state index contributed by atoms with van der Waals surface area (Å²) in [6, 6.07) is 20.7. The van der Waals surface area contributed by atoms with Crippen molar-refractivity contribution in [1.29, 1.82) is 0 Å². The van der Waals surface area contributed by atoms with E-state index in [1.54, 1.807) is 0 Å². The van der Waals surface area contributed by atoms with Gasteiger partial charge in [0.15, 0.2) is 0 Å². The molecule has 3 rings (SSSR count). The summed E-state index contributed by atoms with van der Waals surface area (Å²) in [5.41, 5.74) is 2.40. The predicted molar refractivity (Wildman–Crippen MR) is 121 cm³/mol. The molecule has 0 heterocycles. The van der Waals surface area contributed by atoms with Gasteiger partial charge in [0.1, 0.15) is 5.78 Å². The van der Waals surface area contributed by atoms with Gasteiger partial charge in [0, 0.05) is 25.2 Å². The molecule has 30 heavy (non-hydrogen) atoms. The van der Waals surface area contributed by atoms with Crippen LogP contribution < -0.4 is 0 Å². The van der Waals surface area contributed by atoms with Crippen molar-refractivity contribution in [2.24, 2.45) is 11.8 Å². The van der Waals surface area contributed by atoms with Crippen LogP contribution >= 0.6 is 0 Å². The number of benzene rings is 2. The highest BCUT2D eigenvalue weighted by molar-refractivity contribution is 5.79. The van der Waals surface area contributed by atoms with E-state index < -0.39 is 5.97 Å². The van der Waals surface area contributed by atoms with Gasteiger partial charge in [0.05, 0.1) is 0 Å². The van der Waals surface area contributed by atoms with E-state index in [4.69, 9.17) is 5.11 Å². The molecule has 0 saturated heterocycles. The summed E-state index contributed by atoms with van der Waals surface area (Å²) in [5.74, 6) is 0.930. The van der Waals surface area contributed by atoms with E-state index in [1.807, 2.05) is 36.4 Å². The molecule has 2 unspecified atom stereocenters. The number of rotatable bonds is 10. The van der Waals surface area contributed by atoms with Gasteiger partial charge in [-0.3, -0.25) is 9.59 Å². The van der Waals surface area contributed by atoms with E-state index in [1.165, 1.54) is 24.0 Å². The zero-order valence-electron chi connectivity index (χ0n) is 17.8. The van der Waals surface area contributed by atoms with Gasteiger partial charge >= 0.3 is 5.97 Å². The topological polar surface area (TPSA) is 54.4 Å². The van der Waals surface area contributed by atoms with Gasteiger partial charge in [-0.25, -0.2) is 0 Å². The number of hydrogen-bond donors (Lipinski definition) is 1. The normalized spacial score (nSPS) is 19.4. The highest BCUT2D eigenvalue weighted by Crippen LogP contribution is 2.33. The highest BCUT2D eigenvalue weighted by Gasteiger charge is 2.22. The van der Waals surface area contributed by atoms with Gasteiger partial charge in [-0.15, -0.1) is 0 Å². The minimum Gasteiger partial charge on any atom is -0.481 e. The standard InChI is InChI=1S/C27H34O3/c28-25(18-16-21-8-7-9-22(15-14-21)17-19-27(29)30)20-26(23-10-3-1-4-11-23)24-12-5-2-6-13-24/h1-6,10-13,21-22,26H,7-9,14-20H2,(H,29,30). The maximum Gasteiger partial charge on any atom is 0.303 e. The minimum absolute atomic E-state index is 0.120. The summed E-state index contributed by atoms with van der Waals surface area (Å²) < 4.78 is 0. The molecule has 1 N–H and O–H groups in total. The Bertz CT molecular complexity index is 745. The van der Waals surface area contributed by atoms with Crippen LogP contribution in [-0.4, -0.2) is 16.9 Å². The monoisotopic (exact) mass is 406 g/mol. The van der Waals surface area contributed by atoms with E-state index in [9.17, 15) is 9.59 Å². The van der Waals surface area contributed by atoms with Crippen LogP contribution in [0.2, 0.25) is 0 Å². The molecule has 0 aromatic heterocycles. The molecule has 3 heteroatoms. The summed E-state index contributed by atoms with van der Waals surface area (Å²) in [4.78, 5) is 23.7. The minimum atomic E-state index is -0.687. The largest absolute Gasteiger partial charge is 0.481 e. The third kappa shape index (κ3) is 7.12. The van der Waals surface area contributed by atoms with Crippen LogP contribution in [0.3, 0.4) is 0 Å². The van der Waals surface area contributed by atoms with E-state index in [2.05, 4.69) is 24.3 Å². The summed E-state index contributed by atoms with van der Waals surface area (Å²) in [6.07, 6.45) is 9.01. The number of Topliss-reactive ketones (excluding diaryl/α,β-unsaturated/α-hetero) is 1. The number of carbonyl (C=O) groups is 2. The lowest BCUT2D eigenvalue weighted by Crippen LogP contribution is -2.11. The second-order valence-corrected chi connectivity index (χ2v) is 8.83. The molecule has 0 bridgehead atoms. The fraction of sp³-hybridized carbons (Fsp3) is 0.481. The maximum absolute atomic E-state index is 12.9. The second kappa shape index (κ2) is 11.7. The molecular formula is C27H34O3. The second-order valence-electron chi connectivity index (χ2n) is 8.83. The molecule has 0 amide bonds. The number of carbonyl (C=O) groups excluding carboxylic acids is 1. The molecule has 2 aromatic carbocycles. The van der Waals surface area contributed by atoms with Crippen molar-refractivity contribution in [3.05, 3.63) is 71.8 Å². The first-order valence-corrected chi connectivity index (χ1v) is 11.4. The summed E-state index contributed by atoms with van der Waals surface area (Å²) >= 11 is 0. The van der Waals surface area contributed by atoms with E-state index in [0.29, 0.717) is 30.5 Å². The number of aliphatic carboxylic acids is 1. The Morgan fingerprint density at radius 1 is 0.767 bits per heavy atom. The fourth-order valence-electron chi connectivity index (χ4n) is 4.85. The van der Waals surface area contributed by atoms with Crippen LogP contribution in [0.15, 0.2) is 60.7 Å². The molecule has 1 fully saturated rings. The molecule has 1 aliphatic carbocycles. The molecule has 0 spiro atoms. The SMILES string of the molecule is O=C(O)CCC1CCCC(CCC(=O)CC(c2ccccc2)c2ccccc2)CC1. The molecule has 0 radical (unpaired) electrons. The van der Waals surface area contributed by atoms with E-state index in [-0.39, 0.29) is 12.3 Å². The average molecular weight is 407 g/mol. The first kappa shape index (κ1) is 22.3. The maximum atomic E-state index is 12.9. The first-order valence-electron chi connectivity index (χ1n) is 11.4. The van der Waals surface area contributed by atoms with Crippen molar-refractivity contribution in [2.75, 3.05) is 0 Å². The molecule has 3 nitrogen and oxygen atoms in total. The molecule has 0 aliphatic heterocycles. The first-order chi connectivity index (χ1) is 14.6. The molecule has 2 aromatic rings. The van der Waals surface area contributed by atoms with Crippen molar-refractivity contribution in [1.82, 2.24) is 0 Å². The zero-order chi connectivity index (χ0) is 21.2. The highest BCUT2D eigenvalue weighted by atomic mass is 16.4. The van der Waals surface area contributed by atoms with Crippen LogP contribution in [0, 0.1) is 11.8 Å². The summed E-state index contributed by atoms with van der Waals surface area (Å²) in [5, 5.41) is 8.91. The molecule has 2 atom stereocenters. The third-order valence-corrected chi connectivity index (χ3v) is 6.64. The lowest BCUT2D eigenvalue weighted by Gasteiger charge is -2.19. The van der Waals surface area contributed by atoms with E-state index in [0.717, 1.165) is 32.1 Å². The van der Waals surface area contributed by atoms with Gasteiger partial charge in [-0.2, -0.15) is 0 Å². The Balaban J connectivity index is 1.52. The molecule has 1 saturated carbocycles. The van der Waals surface area contributed by atoms with Crippen molar-refractivity contribution in [3.8, 4) is 0 Å². The Labute approximate surface area is 180 Å². The number of hydrogen-bond acceptors (Lipinski definition) is 2. The van der Waals surface area contributed by atoms with Gasteiger partial charge in [0.2, 0.25) is 0 Å². The molecule has 1 aliphatic rings. The summed E-state index contributed by atoms with van der Waals surface area (Å²) in [7, 11) is 0. The van der Waals surface area contributed by atoms with Gasteiger partial charge < -0.3 is 5.11 Å². The van der Waals surface area contributed by atoms with Crippen molar-refractivity contribution >= 4 is 11.8 Å². The van der Waals surface area contributed by atoms with E-state index >= 15 is 0 Å². The van der Waals surface area contributed by atoms with Crippen molar-refractivity contribution in [2.45, 2.75) is 70.1 Å². The van der Waals surface area contributed by atoms with Crippen LogP contribution in [0.1, 0.15) is 81.3 Å². The Morgan fingerprint density at radius 2 is 1.27 bits per heavy atom. The molecular weight excluding hydrogens is 372 g/mol. The Morgan fingerprint density at radius 3 is 1.77 bits per heavy atom. The average Bonchev–Trinajstić information content (AvgIpc) is 3.01. The summed E-state index contributed by atoms with van der Waals surface area (Å²) in [6.45, 7) is 0. The zero-order valence-corrected chi connectivity index (χ0v) is 17.8. The van der Waals surface area contributed by atoms with Gasteiger partial charge in [-0.05, 0) is 35.8 Å². The number of ketones is 1.